The minimum absolute atomic E-state index is 0.316. The topological polar surface area (TPSA) is 90.5 Å². The van der Waals surface area contributed by atoms with E-state index < -0.39 is 0 Å². The normalized spacial score (nSPS) is 11.3. The fourth-order valence-electron chi connectivity index (χ4n) is 3.21. The Hall–Kier alpha value is -3.42. The summed E-state index contributed by atoms with van der Waals surface area (Å²) in [4.78, 5) is 32.7. The van der Waals surface area contributed by atoms with Gasteiger partial charge in [0.15, 0.2) is 5.65 Å². The molecule has 27 heavy (non-hydrogen) atoms. The molecule has 0 aliphatic heterocycles. The highest BCUT2D eigenvalue weighted by Gasteiger charge is 2.17. The van der Waals surface area contributed by atoms with Gasteiger partial charge in [-0.3, -0.25) is 18.6 Å². The van der Waals surface area contributed by atoms with Crippen LogP contribution in [0.3, 0.4) is 0 Å². The van der Waals surface area contributed by atoms with Crippen LogP contribution in [0.25, 0.3) is 22.6 Å². The molecule has 0 spiro atoms. The van der Waals surface area contributed by atoms with Crippen LogP contribution in [-0.2, 0) is 19.6 Å². The summed E-state index contributed by atoms with van der Waals surface area (Å²) in [6.07, 6.45) is 3.57. The maximum Gasteiger partial charge on any atom is 0.332 e. The van der Waals surface area contributed by atoms with Gasteiger partial charge in [0.2, 0.25) is 0 Å². The van der Waals surface area contributed by atoms with Crippen molar-refractivity contribution < 1.29 is 0 Å². The summed E-state index contributed by atoms with van der Waals surface area (Å²) in [6.45, 7) is 5.03. The van der Waals surface area contributed by atoms with Crippen molar-refractivity contribution in [3.8, 4) is 11.4 Å². The van der Waals surface area contributed by atoms with Crippen molar-refractivity contribution in [1.29, 1.82) is 0 Å². The van der Waals surface area contributed by atoms with Crippen LogP contribution in [-0.4, -0.2) is 28.9 Å². The Morgan fingerprint density at radius 1 is 1.04 bits per heavy atom. The molecule has 0 saturated heterocycles. The molecular weight excluding hydrogens is 344 g/mol. The van der Waals surface area contributed by atoms with Gasteiger partial charge in [0.1, 0.15) is 11.3 Å². The lowest BCUT2D eigenvalue weighted by molar-refractivity contribution is 0.606. The second kappa shape index (κ2) is 6.71. The highest BCUT2D eigenvalue weighted by atomic mass is 16.2. The molecule has 8 heteroatoms. The van der Waals surface area contributed by atoms with Gasteiger partial charge >= 0.3 is 5.69 Å². The highest BCUT2D eigenvalue weighted by Crippen LogP contribution is 2.18. The standard InChI is InChI=1S/C19H20N6O2/c1-3-24-17-15(18(26)25(4-2)19(24)27)21-16(22-17)14-10-20-23(12-14)11-13-8-6-5-7-9-13/h5-10,12H,3-4,11H2,1-2H3,(H,21,22). The molecule has 0 atom stereocenters. The monoisotopic (exact) mass is 364 g/mol. The van der Waals surface area contributed by atoms with Crippen LogP contribution in [0.4, 0.5) is 0 Å². The first kappa shape index (κ1) is 17.0. The molecule has 3 aromatic heterocycles. The summed E-state index contributed by atoms with van der Waals surface area (Å²) in [5.74, 6) is 0.525. The molecule has 0 radical (unpaired) electrons. The average Bonchev–Trinajstić information content (AvgIpc) is 3.31. The molecule has 0 fully saturated rings. The Labute approximate surface area is 154 Å². The maximum atomic E-state index is 12.6. The summed E-state index contributed by atoms with van der Waals surface area (Å²) in [7, 11) is 0. The zero-order valence-corrected chi connectivity index (χ0v) is 15.2. The van der Waals surface area contributed by atoms with Crippen molar-refractivity contribution in [2.45, 2.75) is 33.5 Å². The summed E-state index contributed by atoms with van der Waals surface area (Å²) >= 11 is 0. The molecule has 0 aliphatic rings. The molecule has 8 nitrogen and oxygen atoms in total. The third-order valence-corrected chi connectivity index (χ3v) is 4.59. The van der Waals surface area contributed by atoms with Gasteiger partial charge in [0.25, 0.3) is 5.56 Å². The minimum Gasteiger partial charge on any atom is -0.332 e. The van der Waals surface area contributed by atoms with E-state index in [4.69, 9.17) is 0 Å². The number of aromatic amines is 1. The van der Waals surface area contributed by atoms with Crippen LogP contribution in [0.5, 0.6) is 0 Å². The molecule has 4 rings (SSSR count). The van der Waals surface area contributed by atoms with Gasteiger partial charge in [-0.05, 0) is 19.4 Å². The first-order valence-electron chi connectivity index (χ1n) is 8.92. The fourth-order valence-corrected chi connectivity index (χ4v) is 3.21. The summed E-state index contributed by atoms with van der Waals surface area (Å²) in [6, 6.07) is 10.0. The molecule has 0 aliphatic carbocycles. The van der Waals surface area contributed by atoms with Gasteiger partial charge in [0.05, 0.1) is 18.3 Å². The Bertz CT molecular complexity index is 1210. The van der Waals surface area contributed by atoms with Gasteiger partial charge in [-0.1, -0.05) is 30.3 Å². The van der Waals surface area contributed by atoms with Crippen molar-refractivity contribution in [3.63, 3.8) is 0 Å². The molecule has 0 unspecified atom stereocenters. The number of hydrogen-bond donors (Lipinski definition) is 1. The molecular formula is C19H20N6O2. The lowest BCUT2D eigenvalue weighted by Gasteiger charge is -2.06. The zero-order chi connectivity index (χ0) is 19.0. The van der Waals surface area contributed by atoms with E-state index in [1.807, 2.05) is 48.1 Å². The SMILES string of the molecule is CCn1c(=O)c2[nH]c(-c3cnn(Cc4ccccc4)c3)nc2n(CC)c1=O. The second-order valence-corrected chi connectivity index (χ2v) is 6.27. The number of fused-ring (bicyclic) bond motifs is 1. The predicted molar refractivity (Wildman–Crippen MR) is 103 cm³/mol. The van der Waals surface area contributed by atoms with E-state index in [9.17, 15) is 9.59 Å². The Balaban J connectivity index is 1.78. The van der Waals surface area contributed by atoms with Crippen LogP contribution in [0.15, 0.2) is 52.3 Å². The summed E-state index contributed by atoms with van der Waals surface area (Å²) in [5.41, 5.74) is 1.93. The van der Waals surface area contributed by atoms with Gasteiger partial charge in [-0.25, -0.2) is 9.78 Å². The number of nitrogens with zero attached hydrogens (tertiary/aromatic N) is 5. The first-order valence-corrected chi connectivity index (χ1v) is 8.92. The van der Waals surface area contributed by atoms with E-state index in [1.54, 1.807) is 13.1 Å². The maximum absolute atomic E-state index is 12.6. The Morgan fingerprint density at radius 3 is 2.48 bits per heavy atom. The molecule has 0 bridgehead atoms. The van der Waals surface area contributed by atoms with Crippen molar-refractivity contribution >= 4 is 11.2 Å². The van der Waals surface area contributed by atoms with E-state index in [2.05, 4.69) is 15.1 Å². The lowest BCUT2D eigenvalue weighted by atomic mass is 10.2. The number of hydrogen-bond acceptors (Lipinski definition) is 4. The predicted octanol–water partition coefficient (Wildman–Crippen LogP) is 1.84. The van der Waals surface area contributed by atoms with E-state index in [1.165, 1.54) is 9.13 Å². The molecule has 0 saturated carbocycles. The smallest absolute Gasteiger partial charge is 0.332 e. The van der Waals surface area contributed by atoms with E-state index in [0.29, 0.717) is 36.6 Å². The highest BCUT2D eigenvalue weighted by molar-refractivity contribution is 5.75. The van der Waals surface area contributed by atoms with Gasteiger partial charge < -0.3 is 4.98 Å². The molecule has 138 valence electrons. The molecule has 1 aromatic carbocycles. The summed E-state index contributed by atoms with van der Waals surface area (Å²) in [5, 5.41) is 4.38. The second-order valence-electron chi connectivity index (χ2n) is 6.27. The number of aromatic nitrogens is 6. The number of benzene rings is 1. The zero-order valence-electron chi connectivity index (χ0n) is 15.2. The van der Waals surface area contributed by atoms with E-state index in [-0.39, 0.29) is 11.2 Å². The first-order chi connectivity index (χ1) is 13.1. The Kier molecular flexibility index (Phi) is 4.23. The van der Waals surface area contributed by atoms with Crippen LogP contribution >= 0.6 is 0 Å². The van der Waals surface area contributed by atoms with E-state index in [0.717, 1.165) is 11.1 Å². The summed E-state index contributed by atoms with van der Waals surface area (Å²) < 4.78 is 4.54. The third kappa shape index (κ3) is 2.88. The minimum atomic E-state index is -0.349. The van der Waals surface area contributed by atoms with Crippen LogP contribution < -0.4 is 11.2 Å². The quantitative estimate of drug-likeness (QED) is 0.585. The fraction of sp³-hybridized carbons (Fsp3) is 0.263. The molecule has 0 amide bonds. The van der Waals surface area contributed by atoms with Gasteiger partial charge in [-0.15, -0.1) is 0 Å². The third-order valence-electron chi connectivity index (χ3n) is 4.59. The van der Waals surface area contributed by atoms with Crippen molar-refractivity contribution in [2.24, 2.45) is 0 Å². The molecule has 4 aromatic rings. The van der Waals surface area contributed by atoms with Gasteiger partial charge in [0, 0.05) is 19.3 Å². The molecule has 3 heterocycles. The number of H-pyrrole nitrogens is 1. The van der Waals surface area contributed by atoms with Crippen molar-refractivity contribution in [1.82, 2.24) is 28.9 Å². The number of imidazole rings is 1. The Morgan fingerprint density at radius 2 is 1.78 bits per heavy atom. The molecule has 1 N–H and O–H groups in total. The average molecular weight is 364 g/mol. The van der Waals surface area contributed by atoms with Crippen molar-refractivity contribution in [3.05, 3.63) is 69.1 Å². The number of nitrogens with one attached hydrogen (secondary N) is 1. The van der Waals surface area contributed by atoms with Crippen LogP contribution in [0.2, 0.25) is 0 Å². The van der Waals surface area contributed by atoms with E-state index >= 15 is 0 Å². The van der Waals surface area contributed by atoms with Gasteiger partial charge in [-0.2, -0.15) is 5.10 Å². The number of rotatable bonds is 5. The largest absolute Gasteiger partial charge is 0.332 e. The lowest BCUT2D eigenvalue weighted by Crippen LogP contribution is -2.39. The van der Waals surface area contributed by atoms with Crippen LogP contribution in [0, 0.1) is 0 Å². The van der Waals surface area contributed by atoms with Crippen LogP contribution in [0.1, 0.15) is 19.4 Å². The van der Waals surface area contributed by atoms with Crippen molar-refractivity contribution in [2.75, 3.05) is 0 Å². The number of aryl methyl sites for hydroxylation is 1.